The Bertz CT molecular complexity index is 1290. The summed E-state index contributed by atoms with van der Waals surface area (Å²) in [4.78, 5) is 13.7. The van der Waals surface area contributed by atoms with Crippen LogP contribution >= 0.6 is 11.8 Å². The normalized spacial score (nSPS) is 23.0. The van der Waals surface area contributed by atoms with Gasteiger partial charge >= 0.3 is 0 Å². The number of aromatic nitrogens is 4. The van der Waals surface area contributed by atoms with E-state index >= 15 is 0 Å². The first kappa shape index (κ1) is 30.2. The molecule has 39 heavy (non-hydrogen) atoms. The molecule has 4 rings (SSSR count). The number of rotatable bonds is 8. The van der Waals surface area contributed by atoms with Gasteiger partial charge < -0.3 is 19.3 Å². The van der Waals surface area contributed by atoms with E-state index in [9.17, 15) is 0 Å². The predicted molar refractivity (Wildman–Crippen MR) is 165 cm³/mol. The van der Waals surface area contributed by atoms with Crippen molar-refractivity contribution >= 4 is 45.4 Å². The summed E-state index contributed by atoms with van der Waals surface area (Å²) >= 11 is 1.72. The van der Waals surface area contributed by atoms with Crippen molar-refractivity contribution in [1.29, 1.82) is 0 Å². The zero-order valence-electron chi connectivity index (χ0n) is 25.1. The van der Waals surface area contributed by atoms with Crippen LogP contribution in [-0.2, 0) is 13.6 Å². The summed E-state index contributed by atoms with van der Waals surface area (Å²) in [6.45, 7) is 23.2. The molecule has 1 saturated heterocycles. The van der Waals surface area contributed by atoms with Crippen LogP contribution < -0.4 is 5.73 Å². The van der Waals surface area contributed by atoms with Gasteiger partial charge in [-0.3, -0.25) is 4.57 Å². The highest BCUT2D eigenvalue weighted by Gasteiger charge is 2.53. The van der Waals surface area contributed by atoms with Gasteiger partial charge in [0.05, 0.1) is 19.0 Å². The zero-order valence-corrected chi connectivity index (χ0v) is 27.9. The van der Waals surface area contributed by atoms with Crippen LogP contribution in [0.3, 0.4) is 0 Å². The molecule has 2 N–H and O–H groups in total. The van der Waals surface area contributed by atoms with Crippen LogP contribution in [0.2, 0.25) is 36.3 Å². The number of nitrogen functional groups attached to an aromatic ring is 1. The van der Waals surface area contributed by atoms with Crippen molar-refractivity contribution < 1.29 is 13.6 Å². The lowest BCUT2D eigenvalue weighted by molar-refractivity contribution is -0.0595. The van der Waals surface area contributed by atoms with Crippen LogP contribution in [-0.4, -0.2) is 53.8 Å². The van der Waals surface area contributed by atoms with Crippen molar-refractivity contribution in [3.05, 3.63) is 43.0 Å². The summed E-state index contributed by atoms with van der Waals surface area (Å²) in [5, 5.41) is 0.117. The molecule has 0 radical (unpaired) electrons. The lowest BCUT2D eigenvalue weighted by atomic mass is 10.2. The van der Waals surface area contributed by atoms with E-state index in [0.29, 0.717) is 30.0 Å². The molecule has 1 aliphatic rings. The van der Waals surface area contributed by atoms with Gasteiger partial charge in [-0.15, -0.1) is 0 Å². The second-order valence-corrected chi connectivity index (χ2v) is 24.6. The predicted octanol–water partition coefficient (Wildman–Crippen LogP) is 7.23. The maximum atomic E-state index is 7.10. The molecular weight excluding hydrogens is 543 g/mol. The number of nitrogens with zero attached hydrogens (tertiary/aromatic N) is 4. The SMILES string of the molecule is CC(C)(C)[Si](C)(C)OC[C@]1(Sc2ccccc2)C[C@@H](O[Si](C)(C)C(C)(C)C)[C@H](n2cnc3c(N)ncnc32)O1. The highest BCUT2D eigenvalue weighted by atomic mass is 32.2. The molecule has 1 aliphatic heterocycles. The van der Waals surface area contributed by atoms with Gasteiger partial charge in [0.15, 0.2) is 34.3 Å². The molecule has 1 fully saturated rings. The molecular formula is C28H45N5O3SSi2. The minimum Gasteiger partial charge on any atom is -0.413 e. The van der Waals surface area contributed by atoms with Gasteiger partial charge in [-0.1, -0.05) is 71.5 Å². The molecule has 0 aliphatic carbocycles. The van der Waals surface area contributed by atoms with Crippen molar-refractivity contribution in [3.63, 3.8) is 0 Å². The summed E-state index contributed by atoms with van der Waals surface area (Å²) in [6.07, 6.45) is 3.22. The van der Waals surface area contributed by atoms with Gasteiger partial charge in [0.1, 0.15) is 16.8 Å². The van der Waals surface area contributed by atoms with E-state index in [1.165, 1.54) is 6.33 Å². The lowest BCUT2D eigenvalue weighted by Crippen LogP contribution is -2.46. The number of thioether (sulfide) groups is 1. The minimum absolute atomic E-state index is 0.0383. The number of anilines is 1. The Morgan fingerprint density at radius 3 is 2.26 bits per heavy atom. The number of ether oxygens (including phenoxy) is 1. The van der Waals surface area contributed by atoms with Gasteiger partial charge in [0, 0.05) is 11.3 Å². The lowest BCUT2D eigenvalue weighted by Gasteiger charge is -2.40. The molecule has 11 heteroatoms. The van der Waals surface area contributed by atoms with Gasteiger partial charge in [0.2, 0.25) is 0 Å². The first-order chi connectivity index (χ1) is 17.9. The maximum absolute atomic E-state index is 7.10. The highest BCUT2D eigenvalue weighted by molar-refractivity contribution is 8.00. The van der Waals surface area contributed by atoms with E-state index in [1.54, 1.807) is 18.1 Å². The van der Waals surface area contributed by atoms with Gasteiger partial charge in [-0.25, -0.2) is 15.0 Å². The Balaban J connectivity index is 1.79. The van der Waals surface area contributed by atoms with Crippen molar-refractivity contribution in [2.24, 2.45) is 0 Å². The molecule has 2 aromatic heterocycles. The monoisotopic (exact) mass is 587 g/mol. The molecule has 8 nitrogen and oxygen atoms in total. The highest BCUT2D eigenvalue weighted by Crippen LogP contribution is 2.52. The molecule has 0 amide bonds. The summed E-state index contributed by atoms with van der Waals surface area (Å²) in [7, 11) is -4.22. The van der Waals surface area contributed by atoms with Crippen molar-refractivity contribution in [1.82, 2.24) is 19.5 Å². The zero-order chi connectivity index (χ0) is 28.9. The molecule has 3 aromatic rings. The average Bonchev–Trinajstić information content (AvgIpc) is 3.39. The Kier molecular flexibility index (Phi) is 8.18. The third-order valence-corrected chi connectivity index (χ3v) is 18.8. The number of nitrogens with two attached hydrogens (primary N) is 1. The third kappa shape index (κ3) is 6.28. The molecule has 3 atom stereocenters. The molecule has 0 saturated carbocycles. The van der Waals surface area contributed by atoms with Gasteiger partial charge in [-0.2, -0.15) is 0 Å². The number of fused-ring (bicyclic) bond motifs is 1. The molecule has 214 valence electrons. The second-order valence-electron chi connectivity index (χ2n) is 13.6. The number of hydrogen-bond donors (Lipinski definition) is 1. The van der Waals surface area contributed by atoms with Crippen LogP contribution in [0.15, 0.2) is 47.9 Å². The quantitative estimate of drug-likeness (QED) is 0.276. The van der Waals surface area contributed by atoms with E-state index in [0.717, 1.165) is 4.90 Å². The summed E-state index contributed by atoms with van der Waals surface area (Å²) in [5.41, 5.74) is 7.35. The van der Waals surface area contributed by atoms with Gasteiger partial charge in [-0.05, 0) is 48.4 Å². The smallest absolute Gasteiger partial charge is 0.192 e. The topological polar surface area (TPSA) is 97.3 Å². The maximum Gasteiger partial charge on any atom is 0.192 e. The first-order valence-corrected chi connectivity index (χ1v) is 20.2. The Morgan fingerprint density at radius 2 is 1.64 bits per heavy atom. The van der Waals surface area contributed by atoms with E-state index < -0.39 is 27.8 Å². The van der Waals surface area contributed by atoms with E-state index in [2.05, 4.69) is 107 Å². The molecule has 0 unspecified atom stereocenters. The van der Waals surface area contributed by atoms with Gasteiger partial charge in [0.25, 0.3) is 0 Å². The van der Waals surface area contributed by atoms with Crippen molar-refractivity contribution in [3.8, 4) is 0 Å². The Morgan fingerprint density at radius 1 is 1.00 bits per heavy atom. The molecule has 0 bridgehead atoms. The van der Waals surface area contributed by atoms with E-state index in [-0.39, 0.29) is 16.2 Å². The summed E-state index contributed by atoms with van der Waals surface area (Å²) in [6, 6.07) is 10.4. The number of hydrogen-bond acceptors (Lipinski definition) is 8. The number of benzene rings is 1. The standard InChI is InChI=1S/C28H45N5O3SSi2/c1-26(2,3)38(7,8)34-17-28(37-20-14-12-11-13-15-20)16-21(36-39(9,10)27(4,5)6)25(35-28)33-19-32-22-23(29)30-18-31-24(22)33/h11-15,18-19,21,25H,16-17H2,1-10H3,(H2,29,30,31)/t21-,25-,28-/m1/s1. The second kappa shape index (κ2) is 10.6. The molecule has 1 aromatic carbocycles. The summed E-state index contributed by atoms with van der Waals surface area (Å²) < 4.78 is 23.0. The van der Waals surface area contributed by atoms with Crippen LogP contribution in [0.4, 0.5) is 5.82 Å². The Hall–Kier alpha value is -1.77. The molecule has 0 spiro atoms. The first-order valence-electron chi connectivity index (χ1n) is 13.6. The van der Waals surface area contributed by atoms with Crippen LogP contribution in [0.1, 0.15) is 54.2 Å². The Labute approximate surface area is 239 Å². The fraction of sp³-hybridized carbons (Fsp3) is 0.607. The van der Waals surface area contributed by atoms with E-state index in [4.69, 9.17) is 19.3 Å². The van der Waals surface area contributed by atoms with Crippen LogP contribution in [0, 0.1) is 0 Å². The van der Waals surface area contributed by atoms with Crippen molar-refractivity contribution in [2.45, 2.75) is 106 Å². The number of imidazole rings is 1. The van der Waals surface area contributed by atoms with Crippen molar-refractivity contribution in [2.75, 3.05) is 12.3 Å². The van der Waals surface area contributed by atoms with Crippen LogP contribution in [0.25, 0.3) is 11.2 Å². The third-order valence-electron chi connectivity index (χ3n) is 8.59. The average molecular weight is 588 g/mol. The fourth-order valence-electron chi connectivity index (χ4n) is 4.10. The van der Waals surface area contributed by atoms with E-state index in [1.807, 2.05) is 10.6 Å². The largest absolute Gasteiger partial charge is 0.413 e. The molecule has 3 heterocycles. The minimum atomic E-state index is -2.16. The van der Waals surface area contributed by atoms with Crippen LogP contribution in [0.5, 0.6) is 0 Å². The fourth-order valence-corrected chi connectivity index (χ4v) is 7.77. The summed E-state index contributed by atoms with van der Waals surface area (Å²) in [5.74, 6) is 0.352.